The lowest BCUT2D eigenvalue weighted by Crippen LogP contribution is -2.35. The van der Waals surface area contributed by atoms with E-state index in [1.54, 1.807) is 0 Å². The molecule has 0 amide bonds. The summed E-state index contributed by atoms with van der Waals surface area (Å²) in [4.78, 5) is 2.58. The van der Waals surface area contributed by atoms with Crippen LogP contribution in [0.5, 0.6) is 0 Å². The van der Waals surface area contributed by atoms with Crippen LogP contribution < -0.4 is 0 Å². The van der Waals surface area contributed by atoms with Crippen molar-refractivity contribution in [3.05, 3.63) is 0 Å². The van der Waals surface area contributed by atoms with Gasteiger partial charge in [-0.2, -0.15) is 0 Å². The van der Waals surface area contributed by atoms with Crippen LogP contribution >= 0.6 is 0 Å². The molecule has 1 heteroatoms. The number of nitrogens with zero attached hydrogens (tertiary/aromatic N) is 1. The van der Waals surface area contributed by atoms with E-state index in [2.05, 4.69) is 25.8 Å². The van der Waals surface area contributed by atoms with E-state index in [-0.39, 0.29) is 0 Å². The highest BCUT2D eigenvalue weighted by Crippen LogP contribution is 2.26. The molecule has 0 aliphatic heterocycles. The van der Waals surface area contributed by atoms with Crippen LogP contribution in [0.2, 0.25) is 0 Å². The highest BCUT2D eigenvalue weighted by molar-refractivity contribution is 4.76. The molecule has 1 aliphatic rings. The van der Waals surface area contributed by atoms with Crippen LogP contribution in [-0.2, 0) is 0 Å². The van der Waals surface area contributed by atoms with Crippen molar-refractivity contribution in [1.82, 2.24) is 4.90 Å². The van der Waals surface area contributed by atoms with Crippen LogP contribution in [0.3, 0.4) is 0 Å². The Morgan fingerprint density at radius 3 is 2.31 bits per heavy atom. The van der Waals surface area contributed by atoms with Crippen molar-refractivity contribution >= 4 is 0 Å². The Kier molecular flexibility index (Phi) is 4.79. The maximum atomic E-state index is 2.58. The third-order valence-electron chi connectivity index (χ3n) is 3.47. The Morgan fingerprint density at radius 1 is 1.15 bits per heavy atom. The van der Waals surface area contributed by atoms with Gasteiger partial charge in [-0.1, -0.05) is 20.3 Å². The summed E-state index contributed by atoms with van der Waals surface area (Å²) < 4.78 is 0. The van der Waals surface area contributed by atoms with Gasteiger partial charge in [0.15, 0.2) is 0 Å². The molecule has 0 N–H and O–H groups in total. The first-order valence-corrected chi connectivity index (χ1v) is 5.94. The van der Waals surface area contributed by atoms with E-state index in [0.29, 0.717) is 0 Å². The van der Waals surface area contributed by atoms with Gasteiger partial charge in [0, 0.05) is 6.04 Å². The van der Waals surface area contributed by atoms with Gasteiger partial charge in [-0.05, 0) is 51.6 Å². The molecule has 0 spiro atoms. The third-order valence-corrected chi connectivity index (χ3v) is 3.47. The normalized spacial score (nSPS) is 29.5. The largest absolute Gasteiger partial charge is 0.303 e. The van der Waals surface area contributed by atoms with Gasteiger partial charge in [0.05, 0.1) is 0 Å². The quantitative estimate of drug-likeness (QED) is 0.646. The predicted octanol–water partition coefficient (Wildman–Crippen LogP) is 3.30. The molecular formula is C12H25N. The molecule has 13 heavy (non-hydrogen) atoms. The molecule has 1 fully saturated rings. The first-order chi connectivity index (χ1) is 6.24. The average molecular weight is 183 g/mol. The lowest BCUT2D eigenvalue weighted by atomic mass is 9.87. The molecule has 0 heterocycles. The van der Waals surface area contributed by atoms with E-state index in [0.717, 1.165) is 12.0 Å². The van der Waals surface area contributed by atoms with Crippen molar-refractivity contribution in [2.24, 2.45) is 5.92 Å². The Hall–Kier alpha value is -0.0400. The minimum Gasteiger partial charge on any atom is -0.303 e. The zero-order chi connectivity index (χ0) is 9.68. The Balaban J connectivity index is 2.19. The van der Waals surface area contributed by atoms with Gasteiger partial charge in [-0.15, -0.1) is 0 Å². The van der Waals surface area contributed by atoms with Gasteiger partial charge in [0.2, 0.25) is 0 Å². The van der Waals surface area contributed by atoms with Crippen molar-refractivity contribution in [3.63, 3.8) is 0 Å². The molecule has 0 saturated heterocycles. The Labute approximate surface area is 83.5 Å². The number of hydrogen-bond acceptors (Lipinski definition) is 1. The molecule has 0 bridgehead atoms. The number of rotatable bonds is 4. The van der Waals surface area contributed by atoms with Crippen LogP contribution in [0.1, 0.15) is 52.4 Å². The maximum absolute atomic E-state index is 2.58. The highest BCUT2D eigenvalue weighted by atomic mass is 15.1. The first kappa shape index (κ1) is 11.0. The Morgan fingerprint density at radius 2 is 1.77 bits per heavy atom. The molecule has 1 nitrogen and oxygen atoms in total. The van der Waals surface area contributed by atoms with Crippen molar-refractivity contribution in [2.75, 3.05) is 13.6 Å². The van der Waals surface area contributed by atoms with E-state index >= 15 is 0 Å². The Bertz CT molecular complexity index is 125. The third kappa shape index (κ3) is 3.68. The summed E-state index contributed by atoms with van der Waals surface area (Å²) in [6, 6.07) is 0.891. The summed E-state index contributed by atoms with van der Waals surface area (Å²) in [6.45, 7) is 5.97. The molecule has 0 atom stereocenters. The zero-order valence-electron chi connectivity index (χ0n) is 9.55. The summed E-state index contributed by atoms with van der Waals surface area (Å²) in [6.07, 6.45) is 8.45. The van der Waals surface area contributed by atoms with Crippen LogP contribution in [0.15, 0.2) is 0 Å². The highest BCUT2D eigenvalue weighted by Gasteiger charge is 2.20. The second kappa shape index (κ2) is 5.64. The van der Waals surface area contributed by atoms with Crippen molar-refractivity contribution in [3.8, 4) is 0 Å². The van der Waals surface area contributed by atoms with Crippen molar-refractivity contribution < 1.29 is 0 Å². The van der Waals surface area contributed by atoms with E-state index in [9.17, 15) is 0 Å². The van der Waals surface area contributed by atoms with Gasteiger partial charge in [-0.3, -0.25) is 0 Å². The molecular weight excluding hydrogens is 158 g/mol. The molecule has 1 saturated carbocycles. The fraction of sp³-hybridized carbons (Fsp3) is 1.00. The van der Waals surface area contributed by atoms with E-state index < -0.39 is 0 Å². The molecule has 78 valence electrons. The maximum Gasteiger partial charge on any atom is 0.00924 e. The van der Waals surface area contributed by atoms with Crippen LogP contribution in [0.25, 0.3) is 0 Å². The van der Waals surface area contributed by atoms with E-state index in [4.69, 9.17) is 0 Å². The summed E-state index contributed by atoms with van der Waals surface area (Å²) in [5.41, 5.74) is 0. The van der Waals surface area contributed by atoms with E-state index in [1.807, 2.05) is 0 Å². The summed E-state index contributed by atoms with van der Waals surface area (Å²) in [5, 5.41) is 0. The minimum atomic E-state index is 0.891. The lowest BCUT2D eigenvalue weighted by Gasteiger charge is -2.33. The molecule has 0 aromatic heterocycles. The molecule has 0 unspecified atom stereocenters. The van der Waals surface area contributed by atoms with Crippen LogP contribution in [-0.4, -0.2) is 24.5 Å². The molecule has 1 aliphatic carbocycles. The fourth-order valence-corrected chi connectivity index (χ4v) is 2.27. The topological polar surface area (TPSA) is 3.24 Å². The average Bonchev–Trinajstić information content (AvgIpc) is 2.15. The predicted molar refractivity (Wildman–Crippen MR) is 59.0 cm³/mol. The number of unbranched alkanes of at least 4 members (excludes halogenated alkanes) is 1. The van der Waals surface area contributed by atoms with Gasteiger partial charge in [0.25, 0.3) is 0 Å². The molecule has 0 aromatic rings. The summed E-state index contributed by atoms with van der Waals surface area (Å²) in [5.74, 6) is 0.982. The molecule has 0 aromatic carbocycles. The minimum absolute atomic E-state index is 0.891. The van der Waals surface area contributed by atoms with Crippen LogP contribution in [0.4, 0.5) is 0 Å². The lowest BCUT2D eigenvalue weighted by molar-refractivity contribution is 0.168. The summed E-state index contributed by atoms with van der Waals surface area (Å²) in [7, 11) is 2.30. The fourth-order valence-electron chi connectivity index (χ4n) is 2.27. The smallest absolute Gasteiger partial charge is 0.00924 e. The first-order valence-electron chi connectivity index (χ1n) is 5.94. The molecule has 1 rings (SSSR count). The SMILES string of the molecule is CCCCN(C)C1CCC(C)CC1. The standard InChI is InChI=1S/C12H25N/c1-4-5-10-13(3)12-8-6-11(2)7-9-12/h11-12H,4-10H2,1-3H3. The van der Waals surface area contributed by atoms with Gasteiger partial charge >= 0.3 is 0 Å². The van der Waals surface area contributed by atoms with E-state index in [1.165, 1.54) is 45.1 Å². The second-order valence-corrected chi connectivity index (χ2v) is 4.75. The van der Waals surface area contributed by atoms with Crippen LogP contribution in [0, 0.1) is 5.92 Å². The van der Waals surface area contributed by atoms with Gasteiger partial charge in [0.1, 0.15) is 0 Å². The van der Waals surface area contributed by atoms with Gasteiger partial charge < -0.3 is 4.90 Å². The van der Waals surface area contributed by atoms with Gasteiger partial charge in [-0.25, -0.2) is 0 Å². The second-order valence-electron chi connectivity index (χ2n) is 4.75. The number of hydrogen-bond donors (Lipinski definition) is 0. The summed E-state index contributed by atoms with van der Waals surface area (Å²) >= 11 is 0. The van der Waals surface area contributed by atoms with Crippen molar-refractivity contribution in [1.29, 1.82) is 0 Å². The zero-order valence-corrected chi connectivity index (χ0v) is 9.55. The monoisotopic (exact) mass is 183 g/mol. The molecule has 0 radical (unpaired) electrons. The van der Waals surface area contributed by atoms with Crippen molar-refractivity contribution in [2.45, 2.75) is 58.4 Å².